The lowest BCUT2D eigenvalue weighted by atomic mass is 9.85. The molecule has 0 aromatic heterocycles. The maximum absolute atomic E-state index is 8.73. The van der Waals surface area contributed by atoms with Crippen LogP contribution in [0.25, 0.3) is 0 Å². The molecule has 1 aliphatic carbocycles. The summed E-state index contributed by atoms with van der Waals surface area (Å²) < 4.78 is 0.974. The first-order chi connectivity index (χ1) is 9.54. The van der Waals surface area contributed by atoms with E-state index < -0.39 is 0 Å². The van der Waals surface area contributed by atoms with Crippen LogP contribution in [0, 0.1) is 5.92 Å². The molecular formula is C15H22BrN3O. The minimum Gasteiger partial charge on any atom is -0.409 e. The predicted molar refractivity (Wildman–Crippen MR) is 86.5 cm³/mol. The molecule has 2 rings (SSSR count). The van der Waals surface area contributed by atoms with Gasteiger partial charge in [0, 0.05) is 23.1 Å². The van der Waals surface area contributed by atoms with E-state index in [0.717, 1.165) is 10.2 Å². The number of benzene rings is 1. The minimum atomic E-state index is 0.130. The Morgan fingerprint density at radius 3 is 2.70 bits per heavy atom. The number of oxime groups is 1. The first-order valence-electron chi connectivity index (χ1n) is 7.05. The van der Waals surface area contributed by atoms with Gasteiger partial charge in [-0.15, -0.1) is 0 Å². The van der Waals surface area contributed by atoms with Crippen LogP contribution >= 0.6 is 15.9 Å². The summed E-state index contributed by atoms with van der Waals surface area (Å²) in [4.78, 5) is 2.35. The van der Waals surface area contributed by atoms with E-state index in [1.165, 1.54) is 25.7 Å². The van der Waals surface area contributed by atoms with Crippen molar-refractivity contribution in [1.82, 2.24) is 0 Å². The summed E-state index contributed by atoms with van der Waals surface area (Å²) in [5.41, 5.74) is 7.49. The average molecular weight is 340 g/mol. The van der Waals surface area contributed by atoms with E-state index in [1.807, 2.05) is 18.2 Å². The van der Waals surface area contributed by atoms with Crippen molar-refractivity contribution in [2.75, 3.05) is 11.9 Å². The highest BCUT2D eigenvalue weighted by molar-refractivity contribution is 9.10. The molecule has 3 N–H and O–H groups in total. The molecule has 1 aromatic carbocycles. The largest absolute Gasteiger partial charge is 0.409 e. The van der Waals surface area contributed by atoms with E-state index in [9.17, 15) is 0 Å². The quantitative estimate of drug-likeness (QED) is 0.383. The molecule has 0 aliphatic heterocycles. The van der Waals surface area contributed by atoms with Crippen LogP contribution in [0.3, 0.4) is 0 Å². The van der Waals surface area contributed by atoms with Crippen molar-refractivity contribution in [1.29, 1.82) is 0 Å². The summed E-state index contributed by atoms with van der Waals surface area (Å²) in [5.74, 6) is 0.843. The molecule has 0 radical (unpaired) electrons. The number of amidine groups is 1. The van der Waals surface area contributed by atoms with Gasteiger partial charge in [-0.25, -0.2) is 0 Å². The van der Waals surface area contributed by atoms with E-state index >= 15 is 0 Å². The van der Waals surface area contributed by atoms with E-state index in [1.54, 1.807) is 0 Å². The lowest BCUT2D eigenvalue weighted by Crippen LogP contribution is -2.39. The Morgan fingerprint density at radius 1 is 1.40 bits per heavy atom. The Bertz CT molecular complexity index is 504. The topological polar surface area (TPSA) is 61.8 Å². The molecule has 5 heteroatoms. The first-order valence-corrected chi connectivity index (χ1v) is 7.84. The zero-order valence-electron chi connectivity index (χ0n) is 12.0. The van der Waals surface area contributed by atoms with Crippen LogP contribution in [0.1, 0.15) is 38.2 Å². The standard InChI is InChI=1S/C15H22BrN3O/c1-10-5-3-4-6-13(10)19(2)14-8-7-11(9-12(14)16)15(17)18-20/h7-10,13,20H,3-6H2,1-2H3,(H2,17,18). The van der Waals surface area contributed by atoms with Crippen molar-refractivity contribution >= 4 is 27.5 Å². The van der Waals surface area contributed by atoms with Crippen molar-refractivity contribution in [2.45, 2.75) is 38.6 Å². The van der Waals surface area contributed by atoms with Crippen molar-refractivity contribution in [2.24, 2.45) is 16.8 Å². The minimum absolute atomic E-state index is 0.130. The molecule has 0 bridgehead atoms. The second kappa shape index (κ2) is 6.48. The third-order valence-electron chi connectivity index (χ3n) is 4.29. The molecule has 0 heterocycles. The summed E-state index contributed by atoms with van der Waals surface area (Å²) in [5, 5.41) is 11.8. The number of hydrogen-bond acceptors (Lipinski definition) is 3. The Labute approximate surface area is 128 Å². The maximum Gasteiger partial charge on any atom is 0.170 e. The SMILES string of the molecule is CC1CCCCC1N(C)c1ccc(/C(N)=N/O)cc1Br. The molecule has 2 atom stereocenters. The monoisotopic (exact) mass is 339 g/mol. The molecule has 1 saturated carbocycles. The van der Waals surface area contributed by atoms with Gasteiger partial charge in [0.05, 0.1) is 5.69 Å². The highest BCUT2D eigenvalue weighted by atomic mass is 79.9. The van der Waals surface area contributed by atoms with Crippen molar-refractivity contribution in [3.05, 3.63) is 28.2 Å². The molecule has 1 aliphatic rings. The normalized spacial score (nSPS) is 23.6. The highest BCUT2D eigenvalue weighted by Gasteiger charge is 2.26. The summed E-state index contributed by atoms with van der Waals surface area (Å²) in [7, 11) is 2.15. The molecular weight excluding hydrogens is 318 g/mol. The molecule has 2 unspecified atom stereocenters. The van der Waals surface area contributed by atoms with Gasteiger partial charge in [0.1, 0.15) is 0 Å². The first kappa shape index (κ1) is 15.2. The van der Waals surface area contributed by atoms with Crippen LogP contribution < -0.4 is 10.6 Å². The molecule has 1 aromatic rings. The van der Waals surface area contributed by atoms with E-state index in [4.69, 9.17) is 10.9 Å². The zero-order valence-corrected chi connectivity index (χ0v) is 13.6. The van der Waals surface area contributed by atoms with Crippen molar-refractivity contribution in [3.8, 4) is 0 Å². The Balaban J connectivity index is 2.24. The molecule has 0 saturated heterocycles. The molecule has 20 heavy (non-hydrogen) atoms. The Morgan fingerprint density at radius 2 is 2.10 bits per heavy atom. The van der Waals surface area contributed by atoms with Crippen LogP contribution in [0.4, 0.5) is 5.69 Å². The van der Waals surface area contributed by atoms with Gasteiger partial charge in [-0.3, -0.25) is 0 Å². The fraction of sp³-hybridized carbons (Fsp3) is 0.533. The third-order valence-corrected chi connectivity index (χ3v) is 4.93. The summed E-state index contributed by atoms with van der Waals surface area (Å²) >= 11 is 3.60. The average Bonchev–Trinajstić information content (AvgIpc) is 2.46. The number of hydrogen-bond donors (Lipinski definition) is 2. The summed E-state index contributed by atoms with van der Waals surface area (Å²) in [6.45, 7) is 2.33. The number of nitrogens with two attached hydrogens (primary N) is 1. The molecule has 0 amide bonds. The molecule has 1 fully saturated rings. The third kappa shape index (κ3) is 3.08. The molecule has 110 valence electrons. The second-order valence-electron chi connectivity index (χ2n) is 5.59. The predicted octanol–water partition coefficient (Wildman–Crippen LogP) is 3.56. The van der Waals surface area contributed by atoms with E-state index in [2.05, 4.69) is 40.0 Å². The van der Waals surface area contributed by atoms with Gasteiger partial charge >= 0.3 is 0 Å². The fourth-order valence-electron chi connectivity index (χ4n) is 3.06. The van der Waals surface area contributed by atoms with Gasteiger partial charge in [0.15, 0.2) is 5.84 Å². The lowest BCUT2D eigenvalue weighted by molar-refractivity contribution is 0.318. The second-order valence-corrected chi connectivity index (χ2v) is 6.45. The summed E-state index contributed by atoms with van der Waals surface area (Å²) in [6.07, 6.45) is 5.19. The number of rotatable bonds is 3. The van der Waals surface area contributed by atoms with Crippen LogP contribution in [0.2, 0.25) is 0 Å². The fourth-order valence-corrected chi connectivity index (χ4v) is 3.72. The van der Waals surface area contributed by atoms with Crippen molar-refractivity contribution < 1.29 is 5.21 Å². The smallest absolute Gasteiger partial charge is 0.170 e. The van der Waals surface area contributed by atoms with Gasteiger partial charge in [-0.05, 0) is 52.9 Å². The molecule has 4 nitrogen and oxygen atoms in total. The summed E-state index contributed by atoms with van der Waals surface area (Å²) in [6, 6.07) is 6.39. The Kier molecular flexibility index (Phi) is 4.91. The van der Waals surface area contributed by atoms with Gasteiger partial charge < -0.3 is 15.8 Å². The van der Waals surface area contributed by atoms with Crippen LogP contribution in [0.15, 0.2) is 27.8 Å². The number of anilines is 1. The zero-order chi connectivity index (χ0) is 14.7. The molecule has 0 spiro atoms. The van der Waals surface area contributed by atoms with Gasteiger partial charge in [-0.2, -0.15) is 0 Å². The van der Waals surface area contributed by atoms with Crippen LogP contribution in [0.5, 0.6) is 0 Å². The van der Waals surface area contributed by atoms with Gasteiger partial charge in [0.25, 0.3) is 0 Å². The lowest BCUT2D eigenvalue weighted by Gasteiger charge is -2.38. The van der Waals surface area contributed by atoms with E-state index in [-0.39, 0.29) is 5.84 Å². The maximum atomic E-state index is 8.73. The van der Waals surface area contributed by atoms with Gasteiger partial charge in [-0.1, -0.05) is 24.9 Å². The Hall–Kier alpha value is -1.23. The number of halogens is 1. The van der Waals surface area contributed by atoms with Crippen LogP contribution in [-0.2, 0) is 0 Å². The number of nitrogens with zero attached hydrogens (tertiary/aromatic N) is 2. The van der Waals surface area contributed by atoms with Gasteiger partial charge in [0.2, 0.25) is 0 Å². The van der Waals surface area contributed by atoms with E-state index in [0.29, 0.717) is 17.5 Å². The highest BCUT2D eigenvalue weighted by Crippen LogP contribution is 2.34. The van der Waals surface area contributed by atoms with Crippen LogP contribution in [-0.4, -0.2) is 24.1 Å². The van der Waals surface area contributed by atoms with Crippen molar-refractivity contribution in [3.63, 3.8) is 0 Å².